The van der Waals surface area contributed by atoms with Crippen molar-refractivity contribution in [2.45, 2.75) is 31.2 Å². The first-order valence-electron chi connectivity index (χ1n) is 9.37. The van der Waals surface area contributed by atoms with Gasteiger partial charge < -0.3 is 25.4 Å². The summed E-state index contributed by atoms with van der Waals surface area (Å²) in [4.78, 5) is 32.5. The van der Waals surface area contributed by atoms with Crippen LogP contribution < -0.4 is 10.6 Å². The maximum atomic E-state index is 12.6. The van der Waals surface area contributed by atoms with Gasteiger partial charge in [0, 0.05) is 24.5 Å². The van der Waals surface area contributed by atoms with E-state index < -0.39 is 30.9 Å². The molecule has 0 spiro atoms. The Morgan fingerprint density at radius 2 is 1.93 bits per heavy atom. The summed E-state index contributed by atoms with van der Waals surface area (Å²) < 4.78 is 5.01. The molecule has 11 heteroatoms. The third-order valence-electron chi connectivity index (χ3n) is 4.33. The summed E-state index contributed by atoms with van der Waals surface area (Å²) >= 11 is 5.86. The number of nitrogens with zero attached hydrogens (tertiary/aromatic N) is 2. The maximum Gasteiger partial charge on any atom is 0.475 e. The molecule has 0 saturated heterocycles. The zero-order chi connectivity index (χ0) is 21.9. The Morgan fingerprint density at radius 1 is 1.20 bits per heavy atom. The third-order valence-corrected chi connectivity index (χ3v) is 4.58. The van der Waals surface area contributed by atoms with Crippen molar-refractivity contribution in [2.75, 3.05) is 13.7 Å². The minimum atomic E-state index is -1.75. The summed E-state index contributed by atoms with van der Waals surface area (Å²) in [5.74, 6) is -2.10. The first kappa shape index (κ1) is 23.8. The second-order valence-corrected chi connectivity index (χ2v) is 7.06. The van der Waals surface area contributed by atoms with Crippen molar-refractivity contribution in [1.29, 1.82) is 0 Å². The molecule has 9 nitrogen and oxygen atoms in total. The van der Waals surface area contributed by atoms with Crippen LogP contribution in [0.25, 0.3) is 0 Å². The van der Waals surface area contributed by atoms with Crippen molar-refractivity contribution in [2.24, 2.45) is 0 Å². The quantitative estimate of drug-likeness (QED) is 0.376. The first-order chi connectivity index (χ1) is 14.4. The van der Waals surface area contributed by atoms with Gasteiger partial charge in [-0.3, -0.25) is 14.6 Å². The monoisotopic (exact) mass is 434 g/mol. The Kier molecular flexibility index (Phi) is 9.69. The highest BCUT2D eigenvalue weighted by atomic mass is 35.5. The molecule has 0 fully saturated rings. The molecular formula is C19H24BClN4O5. The Balaban J connectivity index is 1.92. The number of carbonyl (C=O) groups is 2. The summed E-state index contributed by atoms with van der Waals surface area (Å²) in [5.41, 5.74) is 1.10. The topological polar surface area (TPSA) is 134 Å². The van der Waals surface area contributed by atoms with Crippen molar-refractivity contribution in [3.63, 3.8) is 0 Å². The number of hydrogen-bond donors (Lipinski definition) is 4. The van der Waals surface area contributed by atoms with Crippen LogP contribution in [0.5, 0.6) is 0 Å². The van der Waals surface area contributed by atoms with Gasteiger partial charge in [0.2, 0.25) is 5.91 Å². The lowest BCUT2D eigenvalue weighted by atomic mass is 9.76. The summed E-state index contributed by atoms with van der Waals surface area (Å²) in [5, 5.41) is 25.0. The summed E-state index contributed by atoms with van der Waals surface area (Å²) in [6.07, 6.45) is 5.66. The standard InChI is InChI=1S/C19H24BClN4O5/c1-30-12-16(24-18(26)15-11-22-9-10-23-15)19(27)25-17(20(28)29)4-2-3-13-5-7-14(21)8-6-13/h5-11,16-17,28-29H,2-4,12H2,1H3,(H,24,26)(H,25,27)/t16?,17-/m0/s1. The highest BCUT2D eigenvalue weighted by Crippen LogP contribution is 2.12. The molecule has 2 amide bonds. The Morgan fingerprint density at radius 3 is 2.53 bits per heavy atom. The molecule has 2 rings (SSSR count). The average Bonchev–Trinajstić information content (AvgIpc) is 2.74. The smallest absolute Gasteiger partial charge is 0.426 e. The summed E-state index contributed by atoms with van der Waals surface area (Å²) in [7, 11) is -0.364. The molecule has 0 radical (unpaired) electrons. The fourth-order valence-corrected chi connectivity index (χ4v) is 2.88. The van der Waals surface area contributed by atoms with Crippen LogP contribution in [-0.2, 0) is 16.0 Å². The van der Waals surface area contributed by atoms with E-state index in [0.29, 0.717) is 24.3 Å². The molecule has 1 heterocycles. The van der Waals surface area contributed by atoms with Crippen molar-refractivity contribution < 1.29 is 24.4 Å². The SMILES string of the molecule is COCC(NC(=O)c1cnccn1)C(=O)N[C@@H](CCCc1ccc(Cl)cc1)B(O)O. The number of hydrogen-bond acceptors (Lipinski definition) is 7. The van der Waals surface area contributed by atoms with Gasteiger partial charge in [-0.1, -0.05) is 23.7 Å². The van der Waals surface area contributed by atoms with Crippen LogP contribution in [0.4, 0.5) is 0 Å². The number of aromatic nitrogens is 2. The van der Waals surface area contributed by atoms with Crippen LogP contribution in [0.3, 0.4) is 0 Å². The van der Waals surface area contributed by atoms with Gasteiger partial charge in [0.25, 0.3) is 5.91 Å². The second kappa shape index (κ2) is 12.2. The van der Waals surface area contributed by atoms with Crippen molar-refractivity contribution >= 4 is 30.5 Å². The zero-order valence-electron chi connectivity index (χ0n) is 16.5. The minimum absolute atomic E-state index is 0.0492. The maximum absolute atomic E-state index is 12.6. The number of halogens is 1. The Hall–Kier alpha value is -2.53. The van der Waals surface area contributed by atoms with Crippen molar-refractivity contribution in [1.82, 2.24) is 20.6 Å². The predicted octanol–water partition coefficient (Wildman–Crippen LogP) is 0.394. The highest BCUT2D eigenvalue weighted by Gasteiger charge is 2.29. The van der Waals surface area contributed by atoms with E-state index in [0.717, 1.165) is 5.56 Å². The Labute approximate surface area is 180 Å². The van der Waals surface area contributed by atoms with Crippen molar-refractivity contribution in [3.8, 4) is 0 Å². The molecule has 2 atom stereocenters. The molecule has 0 aliphatic carbocycles. The van der Waals surface area contributed by atoms with E-state index in [2.05, 4.69) is 20.6 Å². The Bertz CT molecular complexity index is 810. The average molecular weight is 435 g/mol. The molecule has 2 aromatic rings. The molecule has 4 N–H and O–H groups in total. The van der Waals surface area contributed by atoms with Gasteiger partial charge >= 0.3 is 7.12 Å². The number of nitrogens with one attached hydrogen (secondary N) is 2. The molecule has 30 heavy (non-hydrogen) atoms. The number of aryl methyl sites for hydroxylation is 1. The molecule has 0 aliphatic heterocycles. The number of methoxy groups -OCH3 is 1. The van der Waals surface area contributed by atoms with Crippen molar-refractivity contribution in [3.05, 3.63) is 59.1 Å². The van der Waals surface area contributed by atoms with Gasteiger partial charge in [0.15, 0.2) is 0 Å². The highest BCUT2D eigenvalue weighted by molar-refractivity contribution is 6.43. The van der Waals surface area contributed by atoms with E-state index in [1.165, 1.54) is 25.7 Å². The first-order valence-corrected chi connectivity index (χ1v) is 9.75. The van der Waals surface area contributed by atoms with Crippen LogP contribution >= 0.6 is 11.6 Å². The van der Waals surface area contributed by atoms with E-state index in [4.69, 9.17) is 16.3 Å². The zero-order valence-corrected chi connectivity index (χ0v) is 17.2. The normalized spacial score (nSPS) is 12.7. The van der Waals surface area contributed by atoms with Crippen LogP contribution in [0.2, 0.25) is 5.02 Å². The van der Waals surface area contributed by atoms with Crippen LogP contribution in [0, 0.1) is 0 Å². The predicted molar refractivity (Wildman–Crippen MR) is 112 cm³/mol. The fraction of sp³-hybridized carbons (Fsp3) is 0.368. The largest absolute Gasteiger partial charge is 0.475 e. The van der Waals surface area contributed by atoms with Gasteiger partial charge in [0.1, 0.15) is 11.7 Å². The molecule has 160 valence electrons. The van der Waals surface area contributed by atoms with Gasteiger partial charge in [-0.2, -0.15) is 0 Å². The van der Waals surface area contributed by atoms with E-state index >= 15 is 0 Å². The van der Waals surface area contributed by atoms with E-state index in [1.807, 2.05) is 12.1 Å². The number of rotatable bonds is 11. The molecule has 0 saturated carbocycles. The van der Waals surface area contributed by atoms with E-state index in [1.54, 1.807) is 12.1 Å². The molecule has 0 aliphatic rings. The van der Waals surface area contributed by atoms with E-state index in [9.17, 15) is 19.6 Å². The number of carbonyl (C=O) groups excluding carboxylic acids is 2. The number of ether oxygens (including phenoxy) is 1. The third kappa shape index (κ3) is 7.71. The fourth-order valence-electron chi connectivity index (χ4n) is 2.75. The minimum Gasteiger partial charge on any atom is -0.426 e. The van der Waals surface area contributed by atoms with Crippen LogP contribution in [0.1, 0.15) is 28.9 Å². The van der Waals surface area contributed by atoms with Gasteiger partial charge in [-0.05, 0) is 37.0 Å². The lowest BCUT2D eigenvalue weighted by Gasteiger charge is -2.22. The number of amides is 2. The molecule has 0 bridgehead atoms. The van der Waals surface area contributed by atoms with Crippen LogP contribution in [0.15, 0.2) is 42.9 Å². The summed E-state index contributed by atoms with van der Waals surface area (Å²) in [6, 6.07) is 6.31. The van der Waals surface area contributed by atoms with Gasteiger partial charge in [0.05, 0.1) is 18.7 Å². The number of benzene rings is 1. The molecule has 1 aromatic heterocycles. The van der Waals surface area contributed by atoms with Gasteiger partial charge in [-0.25, -0.2) is 4.98 Å². The van der Waals surface area contributed by atoms with Gasteiger partial charge in [-0.15, -0.1) is 0 Å². The molecule has 1 aromatic carbocycles. The van der Waals surface area contributed by atoms with Crippen LogP contribution in [-0.4, -0.2) is 64.6 Å². The summed E-state index contributed by atoms with van der Waals surface area (Å²) in [6.45, 7) is -0.100. The lowest BCUT2D eigenvalue weighted by Crippen LogP contribution is -2.55. The molecular weight excluding hydrogens is 410 g/mol. The lowest BCUT2D eigenvalue weighted by molar-refractivity contribution is -0.124. The second-order valence-electron chi connectivity index (χ2n) is 6.62. The van der Waals surface area contributed by atoms with E-state index in [-0.39, 0.29) is 12.3 Å². The molecule has 1 unspecified atom stereocenters.